The van der Waals surface area contributed by atoms with E-state index in [4.69, 9.17) is 16.3 Å². The topological polar surface area (TPSA) is 104 Å². The summed E-state index contributed by atoms with van der Waals surface area (Å²) in [5, 5.41) is 13.1. The molecule has 2 unspecified atom stereocenters. The number of aliphatic imine (C=N–C) groups is 1. The van der Waals surface area contributed by atoms with Crippen LogP contribution in [0.4, 0.5) is 4.39 Å². The Kier molecular flexibility index (Phi) is 10.9. The van der Waals surface area contributed by atoms with E-state index in [1.54, 1.807) is 31.3 Å². The number of hydrogen-bond donors (Lipinski definition) is 3. The van der Waals surface area contributed by atoms with Crippen LogP contribution in [-0.2, 0) is 4.74 Å². The van der Waals surface area contributed by atoms with Crippen LogP contribution in [0.25, 0.3) is 0 Å². The summed E-state index contributed by atoms with van der Waals surface area (Å²) in [5.41, 5.74) is 0.958. The van der Waals surface area contributed by atoms with Gasteiger partial charge < -0.3 is 20.7 Å². The van der Waals surface area contributed by atoms with Crippen molar-refractivity contribution in [2.75, 3.05) is 20.3 Å². The number of amides is 1. The van der Waals surface area contributed by atoms with Crippen molar-refractivity contribution in [2.45, 2.75) is 38.5 Å². The van der Waals surface area contributed by atoms with Gasteiger partial charge in [-0.2, -0.15) is 9.90 Å². The third-order valence-electron chi connectivity index (χ3n) is 4.76. The summed E-state index contributed by atoms with van der Waals surface area (Å²) in [6, 6.07) is 11.2. The molecule has 3 N–H and O–H groups in total. The summed E-state index contributed by atoms with van der Waals surface area (Å²) in [5.74, 6) is -0.801. The van der Waals surface area contributed by atoms with Crippen molar-refractivity contribution in [2.24, 2.45) is 10.2 Å². The quantitative estimate of drug-likeness (QED) is 0.195. The van der Waals surface area contributed by atoms with E-state index in [0.29, 0.717) is 18.2 Å². The first-order valence-corrected chi connectivity index (χ1v) is 11.0. The Balaban J connectivity index is 2.20. The molecule has 8 nitrogen and oxygen atoms in total. The Labute approximate surface area is 197 Å². The normalized spacial score (nSPS) is 14.3. The van der Waals surface area contributed by atoms with Crippen LogP contribution in [0.2, 0.25) is 5.02 Å². The smallest absolute Gasteiger partial charge is 0.280 e. The average molecular weight is 478 g/mol. The highest BCUT2D eigenvalue weighted by atomic mass is 35.5. The lowest BCUT2D eigenvalue weighted by Gasteiger charge is -2.25. The lowest BCUT2D eigenvalue weighted by atomic mass is 10.0. The number of benzene rings is 2. The minimum Gasteiger partial charge on any atom is -0.380 e. The van der Waals surface area contributed by atoms with E-state index in [2.05, 4.69) is 26.1 Å². The van der Waals surface area contributed by atoms with Gasteiger partial charge in [0.15, 0.2) is 0 Å². The standard InChI is InChI=1S/C23H29ClFN5O3/c1-4-33-14-15(2)27-23(29-22(31)17-7-11-19(25)12-8-17)28-21(26-3)13-20(30-32)16-5-9-18(24)10-6-16/h5-12,15,20-21,26H,4,13-14H2,1-3H3,(H2,27,28,29,31)/t15-,20?,21?/m0/s1. The molecule has 0 aromatic heterocycles. The second-order valence-electron chi connectivity index (χ2n) is 7.37. The van der Waals surface area contributed by atoms with Crippen LogP contribution in [-0.4, -0.2) is 44.3 Å². The van der Waals surface area contributed by atoms with Crippen molar-refractivity contribution in [3.8, 4) is 0 Å². The van der Waals surface area contributed by atoms with Crippen LogP contribution in [0.15, 0.2) is 58.7 Å². The highest BCUT2D eigenvalue weighted by Crippen LogP contribution is 2.23. The highest BCUT2D eigenvalue weighted by Gasteiger charge is 2.20. The maximum atomic E-state index is 13.2. The molecule has 0 aliphatic carbocycles. The van der Waals surface area contributed by atoms with Gasteiger partial charge in [-0.3, -0.25) is 4.79 Å². The van der Waals surface area contributed by atoms with Crippen molar-refractivity contribution in [1.82, 2.24) is 16.0 Å². The van der Waals surface area contributed by atoms with Gasteiger partial charge in [0, 0.05) is 29.7 Å². The summed E-state index contributed by atoms with van der Waals surface area (Å²) >= 11 is 5.93. The van der Waals surface area contributed by atoms with Gasteiger partial charge in [-0.05, 0) is 62.9 Å². The highest BCUT2D eigenvalue weighted by molar-refractivity contribution is 6.30. The minimum absolute atomic E-state index is 0.161. The molecule has 0 heterocycles. The Morgan fingerprint density at radius 2 is 1.79 bits per heavy atom. The molecule has 2 aromatic rings. The Bertz CT molecular complexity index is 925. The number of hydrogen-bond acceptors (Lipinski definition) is 5. The fourth-order valence-corrected chi connectivity index (χ4v) is 3.12. The molecule has 0 radical (unpaired) electrons. The fraction of sp³-hybridized carbons (Fsp3) is 0.391. The molecule has 0 spiro atoms. The van der Waals surface area contributed by atoms with Gasteiger partial charge in [0.2, 0.25) is 5.96 Å². The van der Waals surface area contributed by atoms with Gasteiger partial charge in [-0.25, -0.2) is 4.39 Å². The van der Waals surface area contributed by atoms with Crippen LogP contribution in [0.1, 0.15) is 42.2 Å². The van der Waals surface area contributed by atoms with Crippen LogP contribution in [0.3, 0.4) is 0 Å². The number of nitrogens with one attached hydrogen (secondary N) is 3. The van der Waals surface area contributed by atoms with Gasteiger partial charge >= 0.3 is 0 Å². The van der Waals surface area contributed by atoms with Crippen LogP contribution in [0, 0.1) is 10.7 Å². The zero-order valence-electron chi connectivity index (χ0n) is 18.8. The molecule has 1 amide bonds. The van der Waals surface area contributed by atoms with Gasteiger partial charge in [-0.15, -0.1) is 0 Å². The van der Waals surface area contributed by atoms with E-state index in [1.807, 2.05) is 13.8 Å². The summed E-state index contributed by atoms with van der Waals surface area (Å²) < 4.78 is 18.6. The van der Waals surface area contributed by atoms with Gasteiger partial charge in [0.1, 0.15) is 11.9 Å². The van der Waals surface area contributed by atoms with Crippen LogP contribution < -0.4 is 16.0 Å². The molecule has 0 fully saturated rings. The van der Waals surface area contributed by atoms with Gasteiger partial charge in [0.25, 0.3) is 5.91 Å². The number of nitroso groups, excluding NO2 is 1. The number of halogens is 2. The first kappa shape index (κ1) is 26.4. The van der Waals surface area contributed by atoms with E-state index in [9.17, 15) is 14.1 Å². The second kappa shape index (κ2) is 13.6. The second-order valence-corrected chi connectivity index (χ2v) is 7.81. The molecule has 0 aliphatic rings. The van der Waals surface area contributed by atoms with Crippen molar-refractivity contribution in [3.63, 3.8) is 0 Å². The maximum Gasteiger partial charge on any atom is 0.280 e. The van der Waals surface area contributed by atoms with E-state index >= 15 is 0 Å². The predicted octanol–water partition coefficient (Wildman–Crippen LogP) is 4.02. The molecule has 10 heteroatoms. The largest absolute Gasteiger partial charge is 0.380 e. The molecule has 0 bridgehead atoms. The van der Waals surface area contributed by atoms with Crippen molar-refractivity contribution in [3.05, 3.63) is 75.4 Å². The van der Waals surface area contributed by atoms with E-state index in [1.165, 1.54) is 24.3 Å². The molecule has 3 atom stereocenters. The summed E-state index contributed by atoms with van der Waals surface area (Å²) in [7, 11) is 1.71. The van der Waals surface area contributed by atoms with E-state index in [0.717, 1.165) is 5.56 Å². The third kappa shape index (κ3) is 8.88. The summed E-state index contributed by atoms with van der Waals surface area (Å²) in [6.07, 6.45) is -0.164. The Morgan fingerprint density at radius 3 is 2.36 bits per heavy atom. The van der Waals surface area contributed by atoms with Crippen LogP contribution in [0.5, 0.6) is 0 Å². The number of ether oxygens (including phenoxy) is 1. The van der Waals surface area contributed by atoms with Gasteiger partial charge in [0.05, 0.1) is 12.8 Å². The molecular formula is C23H29ClFN5O3. The molecule has 2 aromatic carbocycles. The Hall–Kier alpha value is -2.88. The molecule has 0 saturated carbocycles. The Morgan fingerprint density at radius 1 is 1.12 bits per heavy atom. The number of carbonyl (C=O) groups is 1. The average Bonchev–Trinajstić information content (AvgIpc) is 2.81. The number of nitrogens with zero attached hydrogens (tertiary/aromatic N) is 2. The molecular weight excluding hydrogens is 449 g/mol. The molecule has 33 heavy (non-hydrogen) atoms. The maximum absolute atomic E-state index is 13.2. The first-order chi connectivity index (χ1) is 15.9. The van der Waals surface area contributed by atoms with Crippen molar-refractivity contribution >= 4 is 23.5 Å². The third-order valence-corrected chi connectivity index (χ3v) is 5.01. The van der Waals surface area contributed by atoms with Crippen LogP contribution >= 0.6 is 11.6 Å². The monoisotopic (exact) mass is 477 g/mol. The lowest BCUT2D eigenvalue weighted by Crippen LogP contribution is -2.52. The number of guanidine groups is 1. The first-order valence-electron chi connectivity index (χ1n) is 10.6. The van der Waals surface area contributed by atoms with E-state index in [-0.39, 0.29) is 24.0 Å². The van der Waals surface area contributed by atoms with Crippen molar-refractivity contribution in [1.29, 1.82) is 0 Å². The fourth-order valence-electron chi connectivity index (χ4n) is 3.00. The predicted molar refractivity (Wildman–Crippen MR) is 128 cm³/mol. The molecule has 178 valence electrons. The molecule has 2 rings (SSSR count). The number of carbonyl (C=O) groups excluding carboxylic acids is 1. The minimum atomic E-state index is -0.651. The summed E-state index contributed by atoms with van der Waals surface area (Å²) in [6.45, 7) is 4.72. The summed E-state index contributed by atoms with van der Waals surface area (Å²) in [4.78, 5) is 28.3. The zero-order chi connectivity index (χ0) is 24.2. The van der Waals surface area contributed by atoms with Gasteiger partial charge in [-0.1, -0.05) is 28.9 Å². The molecule has 0 saturated heterocycles. The SMILES string of the molecule is CCOC[C@H](C)N/C(=N/C(=O)c1ccc(F)cc1)NC(CC(N=O)c1ccc(Cl)cc1)NC. The number of rotatable bonds is 11. The molecule has 0 aliphatic heterocycles. The van der Waals surface area contributed by atoms with Crippen molar-refractivity contribution < 1.29 is 13.9 Å². The van der Waals surface area contributed by atoms with E-state index < -0.39 is 23.9 Å². The lowest BCUT2D eigenvalue weighted by molar-refractivity contribution is 0.100. The zero-order valence-corrected chi connectivity index (χ0v) is 19.6.